The lowest BCUT2D eigenvalue weighted by atomic mass is 10.1. The van der Waals surface area contributed by atoms with Crippen LogP contribution >= 0.6 is 0 Å². The predicted molar refractivity (Wildman–Crippen MR) is 95.4 cm³/mol. The fourth-order valence-electron chi connectivity index (χ4n) is 2.24. The third kappa shape index (κ3) is 4.58. The highest BCUT2D eigenvalue weighted by Crippen LogP contribution is 2.19. The number of methoxy groups -OCH3 is 1. The molecule has 0 aliphatic rings. The van der Waals surface area contributed by atoms with Crippen LogP contribution in [0.3, 0.4) is 0 Å². The van der Waals surface area contributed by atoms with Gasteiger partial charge < -0.3 is 15.4 Å². The topological polar surface area (TPSA) is 91.2 Å². The molecule has 0 spiro atoms. The molecule has 0 fully saturated rings. The van der Waals surface area contributed by atoms with E-state index in [4.69, 9.17) is 10.00 Å². The molecule has 2 rings (SSSR count). The molecule has 0 unspecified atom stereocenters. The van der Waals surface area contributed by atoms with Crippen LogP contribution in [0.2, 0.25) is 0 Å². The molecule has 0 aromatic heterocycles. The highest BCUT2D eigenvalue weighted by atomic mass is 16.5. The molecule has 0 bridgehead atoms. The zero-order valence-electron chi connectivity index (χ0n) is 14.3. The van der Waals surface area contributed by atoms with Gasteiger partial charge in [-0.05, 0) is 49.7 Å². The van der Waals surface area contributed by atoms with E-state index in [0.29, 0.717) is 22.5 Å². The molecule has 25 heavy (non-hydrogen) atoms. The molecular formula is C19H19N3O3. The molecule has 6 nitrogen and oxygen atoms in total. The van der Waals surface area contributed by atoms with Crippen LogP contribution in [-0.2, 0) is 9.53 Å². The lowest BCUT2D eigenvalue weighted by Crippen LogP contribution is -2.32. The Morgan fingerprint density at radius 2 is 1.96 bits per heavy atom. The molecule has 6 heteroatoms. The summed E-state index contributed by atoms with van der Waals surface area (Å²) in [5.41, 5.74) is 3.01. The number of nitrogens with one attached hydrogen (secondary N) is 2. The summed E-state index contributed by atoms with van der Waals surface area (Å²) in [5, 5.41) is 14.8. The summed E-state index contributed by atoms with van der Waals surface area (Å²) in [6.07, 6.45) is 0. The molecule has 1 atom stereocenters. The van der Waals surface area contributed by atoms with E-state index < -0.39 is 12.0 Å². The number of benzene rings is 2. The van der Waals surface area contributed by atoms with Gasteiger partial charge in [0.1, 0.15) is 6.04 Å². The summed E-state index contributed by atoms with van der Waals surface area (Å²) >= 11 is 0. The van der Waals surface area contributed by atoms with E-state index in [1.165, 1.54) is 7.11 Å². The van der Waals surface area contributed by atoms with Crippen molar-refractivity contribution in [2.45, 2.75) is 19.9 Å². The Hall–Kier alpha value is -3.33. The maximum atomic E-state index is 12.4. The number of hydrogen-bond acceptors (Lipinski definition) is 5. The smallest absolute Gasteiger partial charge is 0.337 e. The number of carbonyl (C=O) groups is 2. The second-order valence-corrected chi connectivity index (χ2v) is 5.57. The van der Waals surface area contributed by atoms with Crippen LogP contribution < -0.4 is 10.6 Å². The first-order valence-electron chi connectivity index (χ1n) is 7.71. The van der Waals surface area contributed by atoms with Crippen LogP contribution in [0.1, 0.15) is 28.4 Å². The molecule has 2 aromatic carbocycles. The number of rotatable bonds is 5. The lowest BCUT2D eigenvalue weighted by Gasteiger charge is -2.17. The highest BCUT2D eigenvalue weighted by molar-refractivity contribution is 5.97. The van der Waals surface area contributed by atoms with E-state index in [9.17, 15) is 9.59 Å². The van der Waals surface area contributed by atoms with E-state index >= 15 is 0 Å². The standard InChI is InChI=1S/C19H19N3O3/c1-12-7-8-15(19(24)25-3)10-17(12)21-13(2)18(23)22-16-6-4-5-14(9-16)11-20/h4-10,13,21H,1-3H3,(H,22,23)/t13-/m1/s1. The molecule has 0 saturated carbocycles. The van der Waals surface area contributed by atoms with E-state index in [2.05, 4.69) is 10.6 Å². The van der Waals surface area contributed by atoms with Crippen molar-refractivity contribution < 1.29 is 14.3 Å². The molecule has 128 valence electrons. The Labute approximate surface area is 146 Å². The van der Waals surface area contributed by atoms with Gasteiger partial charge in [0.15, 0.2) is 0 Å². The maximum Gasteiger partial charge on any atom is 0.337 e. The fourth-order valence-corrected chi connectivity index (χ4v) is 2.24. The van der Waals surface area contributed by atoms with Gasteiger partial charge in [-0.1, -0.05) is 12.1 Å². The monoisotopic (exact) mass is 337 g/mol. The van der Waals surface area contributed by atoms with Crippen LogP contribution in [0.25, 0.3) is 0 Å². The quantitative estimate of drug-likeness (QED) is 0.818. The maximum absolute atomic E-state index is 12.4. The minimum atomic E-state index is -0.544. The number of nitrogens with zero attached hydrogens (tertiary/aromatic N) is 1. The number of hydrogen-bond donors (Lipinski definition) is 2. The van der Waals surface area contributed by atoms with E-state index in [1.807, 2.05) is 13.0 Å². The summed E-state index contributed by atoms with van der Waals surface area (Å²) in [6.45, 7) is 3.60. The number of nitriles is 1. The molecule has 1 amide bonds. The van der Waals surface area contributed by atoms with Gasteiger partial charge >= 0.3 is 5.97 Å². The van der Waals surface area contributed by atoms with Gasteiger partial charge in [-0.15, -0.1) is 0 Å². The fraction of sp³-hybridized carbons (Fsp3) is 0.211. The zero-order chi connectivity index (χ0) is 18.4. The Balaban J connectivity index is 2.10. The Morgan fingerprint density at radius 1 is 1.20 bits per heavy atom. The molecular weight excluding hydrogens is 318 g/mol. The summed E-state index contributed by atoms with van der Waals surface area (Å²) in [7, 11) is 1.32. The highest BCUT2D eigenvalue weighted by Gasteiger charge is 2.15. The van der Waals surface area contributed by atoms with Crippen LogP contribution in [0.15, 0.2) is 42.5 Å². The van der Waals surface area contributed by atoms with Crippen LogP contribution in [0, 0.1) is 18.3 Å². The van der Waals surface area contributed by atoms with Gasteiger partial charge in [-0.25, -0.2) is 4.79 Å². The van der Waals surface area contributed by atoms with Crippen molar-refractivity contribution in [2.75, 3.05) is 17.7 Å². The van der Waals surface area contributed by atoms with Crippen molar-refractivity contribution in [3.05, 3.63) is 59.2 Å². The molecule has 0 aliphatic carbocycles. The molecule has 0 aliphatic heterocycles. The van der Waals surface area contributed by atoms with Crippen molar-refractivity contribution in [3.63, 3.8) is 0 Å². The molecule has 2 N–H and O–H groups in total. The van der Waals surface area contributed by atoms with Gasteiger partial charge in [-0.3, -0.25) is 4.79 Å². The molecule has 0 radical (unpaired) electrons. The molecule has 0 saturated heterocycles. The Kier molecular flexibility index (Phi) is 5.75. The number of carbonyl (C=O) groups excluding carboxylic acids is 2. The number of aryl methyl sites for hydroxylation is 1. The van der Waals surface area contributed by atoms with E-state index in [0.717, 1.165) is 5.56 Å². The Bertz CT molecular complexity index is 840. The summed E-state index contributed by atoms with van der Waals surface area (Å²) in [6, 6.07) is 13.3. The summed E-state index contributed by atoms with van der Waals surface area (Å²) in [5.74, 6) is -0.688. The Morgan fingerprint density at radius 3 is 2.64 bits per heavy atom. The average Bonchev–Trinajstić information content (AvgIpc) is 2.62. The van der Waals surface area contributed by atoms with E-state index in [1.54, 1.807) is 49.4 Å². The summed E-state index contributed by atoms with van der Waals surface area (Å²) in [4.78, 5) is 24.0. The second kappa shape index (κ2) is 7.97. The van der Waals surface area contributed by atoms with Crippen molar-refractivity contribution in [1.29, 1.82) is 5.26 Å². The number of ether oxygens (including phenoxy) is 1. The summed E-state index contributed by atoms with van der Waals surface area (Å²) < 4.78 is 4.71. The molecule has 2 aromatic rings. The van der Waals surface area contributed by atoms with Crippen LogP contribution in [0.4, 0.5) is 11.4 Å². The first-order valence-corrected chi connectivity index (χ1v) is 7.71. The minimum absolute atomic E-state index is 0.252. The van der Waals surface area contributed by atoms with Crippen molar-refractivity contribution in [3.8, 4) is 6.07 Å². The van der Waals surface area contributed by atoms with E-state index in [-0.39, 0.29) is 5.91 Å². The van der Waals surface area contributed by atoms with Crippen LogP contribution in [-0.4, -0.2) is 25.0 Å². The van der Waals surface area contributed by atoms with Crippen molar-refractivity contribution in [1.82, 2.24) is 0 Å². The lowest BCUT2D eigenvalue weighted by molar-refractivity contribution is -0.116. The largest absolute Gasteiger partial charge is 0.465 e. The van der Waals surface area contributed by atoms with Gasteiger partial charge in [0.2, 0.25) is 5.91 Å². The number of esters is 1. The van der Waals surface area contributed by atoms with Crippen molar-refractivity contribution in [2.24, 2.45) is 0 Å². The van der Waals surface area contributed by atoms with Gasteiger partial charge in [0.05, 0.1) is 24.3 Å². The minimum Gasteiger partial charge on any atom is -0.465 e. The third-order valence-electron chi connectivity index (χ3n) is 3.68. The molecule has 0 heterocycles. The first kappa shape index (κ1) is 18.0. The third-order valence-corrected chi connectivity index (χ3v) is 3.68. The number of amides is 1. The normalized spacial score (nSPS) is 11.1. The second-order valence-electron chi connectivity index (χ2n) is 5.57. The van der Waals surface area contributed by atoms with Gasteiger partial charge in [0, 0.05) is 11.4 Å². The number of anilines is 2. The van der Waals surface area contributed by atoms with Crippen LogP contribution in [0.5, 0.6) is 0 Å². The SMILES string of the molecule is COC(=O)c1ccc(C)c(N[C@H](C)C(=O)Nc2cccc(C#N)c2)c1. The van der Waals surface area contributed by atoms with Gasteiger partial charge in [0.25, 0.3) is 0 Å². The van der Waals surface area contributed by atoms with Crippen molar-refractivity contribution >= 4 is 23.3 Å². The first-order chi connectivity index (χ1) is 11.9. The average molecular weight is 337 g/mol. The zero-order valence-corrected chi connectivity index (χ0v) is 14.3. The van der Waals surface area contributed by atoms with Gasteiger partial charge in [-0.2, -0.15) is 5.26 Å². The predicted octanol–water partition coefficient (Wildman–Crippen LogP) is 3.09.